The fourth-order valence-corrected chi connectivity index (χ4v) is 2.77. The summed E-state index contributed by atoms with van der Waals surface area (Å²) in [6.07, 6.45) is -0.824. The SMILES string of the molecule is CC(C)(C)c1ccc([C@@H](O)CNC(=O)c2cccc3oc(=O)[nH]c23)cc1. The summed E-state index contributed by atoms with van der Waals surface area (Å²) in [5.74, 6) is -1.00. The zero-order valence-electron chi connectivity index (χ0n) is 15.0. The van der Waals surface area contributed by atoms with E-state index < -0.39 is 17.8 Å². The van der Waals surface area contributed by atoms with Crippen molar-refractivity contribution in [2.75, 3.05) is 6.54 Å². The van der Waals surface area contributed by atoms with Gasteiger partial charge in [0, 0.05) is 6.54 Å². The number of carbonyl (C=O) groups excluding carboxylic acids is 1. The van der Waals surface area contributed by atoms with Crippen molar-refractivity contribution >= 4 is 17.0 Å². The van der Waals surface area contributed by atoms with Gasteiger partial charge in [-0.2, -0.15) is 0 Å². The number of fused-ring (bicyclic) bond motifs is 1. The molecule has 0 saturated carbocycles. The Morgan fingerprint density at radius 1 is 1.19 bits per heavy atom. The van der Waals surface area contributed by atoms with Gasteiger partial charge in [0.25, 0.3) is 5.91 Å². The van der Waals surface area contributed by atoms with Crippen molar-refractivity contribution in [3.05, 3.63) is 69.7 Å². The highest BCUT2D eigenvalue weighted by molar-refractivity contribution is 6.04. The average Bonchev–Trinajstić information content (AvgIpc) is 2.98. The zero-order chi connectivity index (χ0) is 18.9. The van der Waals surface area contributed by atoms with Gasteiger partial charge in [-0.05, 0) is 28.7 Å². The lowest BCUT2D eigenvalue weighted by Gasteiger charge is -2.20. The molecule has 0 aliphatic carbocycles. The molecule has 0 saturated heterocycles. The number of aliphatic hydroxyl groups is 1. The largest absolute Gasteiger partial charge is 0.417 e. The van der Waals surface area contributed by atoms with E-state index >= 15 is 0 Å². The Hall–Kier alpha value is -2.86. The van der Waals surface area contributed by atoms with Gasteiger partial charge in [0.2, 0.25) is 0 Å². The molecule has 1 atom stereocenters. The van der Waals surface area contributed by atoms with Crippen molar-refractivity contribution < 1.29 is 14.3 Å². The third-order valence-corrected chi connectivity index (χ3v) is 4.32. The van der Waals surface area contributed by atoms with E-state index in [1.54, 1.807) is 18.2 Å². The molecule has 0 spiro atoms. The molecule has 0 aliphatic rings. The van der Waals surface area contributed by atoms with Gasteiger partial charge in [0.15, 0.2) is 5.58 Å². The van der Waals surface area contributed by atoms with E-state index in [4.69, 9.17) is 4.42 Å². The summed E-state index contributed by atoms with van der Waals surface area (Å²) in [6.45, 7) is 6.44. The highest BCUT2D eigenvalue weighted by atomic mass is 16.4. The van der Waals surface area contributed by atoms with Gasteiger partial charge in [0.05, 0.1) is 17.2 Å². The Morgan fingerprint density at radius 2 is 1.88 bits per heavy atom. The lowest BCUT2D eigenvalue weighted by Crippen LogP contribution is -2.28. The number of aliphatic hydroxyl groups excluding tert-OH is 1. The molecular weight excluding hydrogens is 332 g/mol. The number of benzene rings is 2. The molecule has 1 aromatic heterocycles. The van der Waals surface area contributed by atoms with Crippen LogP contribution in [-0.4, -0.2) is 22.5 Å². The van der Waals surface area contributed by atoms with Crippen LogP contribution in [0.25, 0.3) is 11.1 Å². The molecule has 136 valence electrons. The molecule has 3 aromatic rings. The molecule has 0 unspecified atom stereocenters. The van der Waals surface area contributed by atoms with Gasteiger partial charge in [0.1, 0.15) is 0 Å². The second-order valence-corrected chi connectivity index (χ2v) is 7.29. The number of oxazole rings is 1. The summed E-state index contributed by atoms with van der Waals surface area (Å²) >= 11 is 0. The predicted molar refractivity (Wildman–Crippen MR) is 99.3 cm³/mol. The number of aromatic nitrogens is 1. The summed E-state index contributed by atoms with van der Waals surface area (Å²) in [5, 5.41) is 13.0. The van der Waals surface area contributed by atoms with Crippen LogP contribution in [0.5, 0.6) is 0 Å². The van der Waals surface area contributed by atoms with Gasteiger partial charge in [-0.25, -0.2) is 4.79 Å². The van der Waals surface area contributed by atoms with Crippen LogP contribution in [0.15, 0.2) is 51.7 Å². The van der Waals surface area contributed by atoms with Crippen molar-refractivity contribution in [1.29, 1.82) is 0 Å². The Kier molecular flexibility index (Phi) is 4.70. The first-order chi connectivity index (χ1) is 12.3. The molecule has 0 radical (unpaired) electrons. The highest BCUT2D eigenvalue weighted by Gasteiger charge is 2.17. The molecule has 26 heavy (non-hydrogen) atoms. The summed E-state index contributed by atoms with van der Waals surface area (Å²) in [5.41, 5.74) is 2.91. The van der Waals surface area contributed by atoms with Crippen molar-refractivity contribution in [2.45, 2.75) is 32.3 Å². The molecule has 1 amide bonds. The Bertz CT molecular complexity index is 977. The smallest absolute Gasteiger partial charge is 0.408 e. The topological polar surface area (TPSA) is 95.3 Å². The van der Waals surface area contributed by atoms with Crippen LogP contribution >= 0.6 is 0 Å². The van der Waals surface area contributed by atoms with Crippen molar-refractivity contribution in [3.63, 3.8) is 0 Å². The summed E-state index contributed by atoms with van der Waals surface area (Å²) < 4.78 is 4.95. The molecule has 3 N–H and O–H groups in total. The fourth-order valence-electron chi connectivity index (χ4n) is 2.77. The van der Waals surface area contributed by atoms with Gasteiger partial charge in [-0.15, -0.1) is 0 Å². The van der Waals surface area contributed by atoms with Crippen LogP contribution in [0.3, 0.4) is 0 Å². The predicted octanol–water partition coefficient (Wildman–Crippen LogP) is 2.88. The molecule has 0 aliphatic heterocycles. The van der Waals surface area contributed by atoms with E-state index in [0.29, 0.717) is 16.7 Å². The quantitative estimate of drug-likeness (QED) is 0.671. The fraction of sp³-hybridized carbons (Fsp3) is 0.300. The molecule has 1 heterocycles. The third kappa shape index (κ3) is 3.70. The summed E-state index contributed by atoms with van der Waals surface area (Å²) in [6, 6.07) is 12.5. The van der Waals surface area contributed by atoms with Crippen LogP contribution in [0.4, 0.5) is 0 Å². The first-order valence-electron chi connectivity index (χ1n) is 8.44. The molecule has 2 aromatic carbocycles. The maximum absolute atomic E-state index is 12.4. The number of hydrogen-bond donors (Lipinski definition) is 3. The number of rotatable bonds is 4. The van der Waals surface area contributed by atoms with Crippen molar-refractivity contribution in [1.82, 2.24) is 10.3 Å². The number of nitrogens with one attached hydrogen (secondary N) is 2. The number of para-hydroxylation sites is 1. The number of hydrogen-bond acceptors (Lipinski definition) is 4. The molecule has 0 bridgehead atoms. The van der Waals surface area contributed by atoms with E-state index in [-0.39, 0.29) is 12.0 Å². The van der Waals surface area contributed by atoms with Crippen molar-refractivity contribution in [3.8, 4) is 0 Å². The summed E-state index contributed by atoms with van der Waals surface area (Å²) in [7, 11) is 0. The van der Waals surface area contributed by atoms with Crippen LogP contribution < -0.4 is 11.1 Å². The lowest BCUT2D eigenvalue weighted by molar-refractivity contribution is 0.0917. The van der Waals surface area contributed by atoms with E-state index in [1.165, 1.54) is 5.56 Å². The monoisotopic (exact) mass is 354 g/mol. The van der Waals surface area contributed by atoms with Crippen LogP contribution in [0.1, 0.15) is 48.4 Å². The van der Waals surface area contributed by atoms with Crippen LogP contribution in [-0.2, 0) is 5.41 Å². The van der Waals surface area contributed by atoms with E-state index in [0.717, 1.165) is 5.56 Å². The number of carbonyl (C=O) groups is 1. The Labute approximate surface area is 150 Å². The van der Waals surface area contributed by atoms with Crippen LogP contribution in [0, 0.1) is 0 Å². The second kappa shape index (κ2) is 6.80. The summed E-state index contributed by atoms with van der Waals surface area (Å²) in [4.78, 5) is 26.2. The van der Waals surface area contributed by atoms with Gasteiger partial charge in [-0.3, -0.25) is 9.78 Å². The maximum Gasteiger partial charge on any atom is 0.417 e. The van der Waals surface area contributed by atoms with Gasteiger partial charge >= 0.3 is 5.76 Å². The number of H-pyrrole nitrogens is 1. The van der Waals surface area contributed by atoms with E-state index in [1.807, 2.05) is 24.3 Å². The zero-order valence-corrected chi connectivity index (χ0v) is 15.0. The highest BCUT2D eigenvalue weighted by Crippen LogP contribution is 2.24. The van der Waals surface area contributed by atoms with E-state index in [9.17, 15) is 14.7 Å². The Balaban J connectivity index is 1.69. The molecule has 3 rings (SSSR count). The molecule has 6 nitrogen and oxygen atoms in total. The normalized spacial score (nSPS) is 12.9. The van der Waals surface area contributed by atoms with E-state index in [2.05, 4.69) is 31.1 Å². The van der Waals surface area contributed by atoms with Crippen LogP contribution in [0.2, 0.25) is 0 Å². The molecule has 0 fully saturated rings. The number of amides is 1. The van der Waals surface area contributed by atoms with Gasteiger partial charge < -0.3 is 14.8 Å². The molecular formula is C20H22N2O4. The minimum atomic E-state index is -0.824. The van der Waals surface area contributed by atoms with Crippen molar-refractivity contribution in [2.24, 2.45) is 0 Å². The lowest BCUT2D eigenvalue weighted by atomic mass is 9.86. The third-order valence-electron chi connectivity index (χ3n) is 4.32. The second-order valence-electron chi connectivity index (χ2n) is 7.29. The molecule has 6 heteroatoms. The number of aromatic amines is 1. The van der Waals surface area contributed by atoms with Gasteiger partial charge in [-0.1, -0.05) is 51.1 Å². The standard InChI is InChI=1S/C20H22N2O4/c1-20(2,3)13-9-7-12(8-10-13)15(23)11-21-18(24)14-5-4-6-16-17(14)22-19(25)26-16/h4-10,15,23H,11H2,1-3H3,(H,21,24)(H,22,25)/t15-/m0/s1. The first kappa shape index (κ1) is 17.9. The Morgan fingerprint density at radius 3 is 2.54 bits per heavy atom. The first-order valence-corrected chi connectivity index (χ1v) is 8.44. The minimum Gasteiger partial charge on any atom is -0.408 e. The maximum atomic E-state index is 12.4. The average molecular weight is 354 g/mol. The minimum absolute atomic E-state index is 0.0396.